The minimum Gasteiger partial charge on any atom is -0.481 e. The lowest BCUT2D eigenvalue weighted by atomic mass is 9.94. The fraction of sp³-hybridized carbons (Fsp3) is 0.867. The van der Waals surface area contributed by atoms with Crippen molar-refractivity contribution in [1.29, 1.82) is 0 Å². The lowest BCUT2D eigenvalue weighted by Crippen LogP contribution is -2.41. The lowest BCUT2D eigenvalue weighted by molar-refractivity contribution is -0.138. The van der Waals surface area contributed by atoms with Gasteiger partial charge >= 0.3 is 12.0 Å². The van der Waals surface area contributed by atoms with E-state index in [1.807, 2.05) is 4.90 Å². The highest BCUT2D eigenvalue weighted by atomic mass is 16.4. The van der Waals surface area contributed by atoms with E-state index in [9.17, 15) is 9.59 Å². The molecule has 5 heteroatoms. The molecule has 2 N–H and O–H groups in total. The molecule has 3 atom stereocenters. The van der Waals surface area contributed by atoms with Crippen LogP contribution in [-0.2, 0) is 4.79 Å². The number of carbonyl (C=O) groups excluding carboxylic acids is 1. The summed E-state index contributed by atoms with van der Waals surface area (Å²) in [6.45, 7) is 10.5. The Morgan fingerprint density at radius 1 is 1.25 bits per heavy atom. The number of urea groups is 1. The maximum atomic E-state index is 12.1. The van der Waals surface area contributed by atoms with E-state index in [1.165, 1.54) is 0 Å². The van der Waals surface area contributed by atoms with Gasteiger partial charge in [-0.1, -0.05) is 27.7 Å². The number of carbonyl (C=O) groups is 2. The van der Waals surface area contributed by atoms with Gasteiger partial charge in [0.2, 0.25) is 0 Å². The molecule has 0 aromatic carbocycles. The molecule has 0 aliphatic carbocycles. The predicted octanol–water partition coefficient (Wildman–Crippen LogP) is 2.42. The van der Waals surface area contributed by atoms with Crippen molar-refractivity contribution in [2.45, 2.75) is 40.5 Å². The van der Waals surface area contributed by atoms with Gasteiger partial charge in [-0.25, -0.2) is 4.79 Å². The van der Waals surface area contributed by atoms with Crippen LogP contribution >= 0.6 is 0 Å². The van der Waals surface area contributed by atoms with Crippen molar-refractivity contribution in [3.8, 4) is 0 Å². The van der Waals surface area contributed by atoms with Crippen LogP contribution in [0.15, 0.2) is 0 Å². The molecule has 0 bridgehead atoms. The molecule has 5 nitrogen and oxygen atoms in total. The second-order valence-electron chi connectivity index (χ2n) is 6.64. The quantitative estimate of drug-likeness (QED) is 0.787. The molecule has 3 unspecified atom stereocenters. The summed E-state index contributed by atoms with van der Waals surface area (Å²) >= 11 is 0. The van der Waals surface area contributed by atoms with Crippen molar-refractivity contribution < 1.29 is 14.7 Å². The molecule has 1 saturated heterocycles. The number of carboxylic acids is 1. The highest BCUT2D eigenvalue weighted by molar-refractivity contribution is 5.74. The van der Waals surface area contributed by atoms with E-state index in [-0.39, 0.29) is 18.4 Å². The Balaban J connectivity index is 2.42. The number of hydrogen-bond donors (Lipinski definition) is 2. The summed E-state index contributed by atoms with van der Waals surface area (Å²) in [5.74, 6) is 0.711. The van der Waals surface area contributed by atoms with E-state index >= 15 is 0 Å². The Morgan fingerprint density at radius 3 is 2.25 bits per heavy atom. The third-order valence-electron chi connectivity index (χ3n) is 4.09. The van der Waals surface area contributed by atoms with Crippen LogP contribution in [0.3, 0.4) is 0 Å². The molecule has 0 aromatic rings. The third kappa shape index (κ3) is 5.39. The number of carboxylic acid groups (broad SMARTS) is 1. The monoisotopic (exact) mass is 284 g/mol. The highest BCUT2D eigenvalue weighted by Crippen LogP contribution is 2.22. The van der Waals surface area contributed by atoms with Crippen molar-refractivity contribution in [2.75, 3.05) is 19.6 Å². The van der Waals surface area contributed by atoms with Crippen molar-refractivity contribution in [3.05, 3.63) is 0 Å². The standard InChI is InChI=1S/C15H28N2O3/c1-10(2)5-13(6-14(18)19)7-16-15(20)17-8-11(3)12(4)9-17/h10-13H,5-9H2,1-4H3,(H,16,20)(H,18,19). The number of hydrogen-bond acceptors (Lipinski definition) is 2. The molecule has 1 rings (SSSR count). The van der Waals surface area contributed by atoms with Crippen LogP contribution < -0.4 is 5.32 Å². The molecule has 0 spiro atoms. The van der Waals surface area contributed by atoms with Crippen LogP contribution in [0.5, 0.6) is 0 Å². The van der Waals surface area contributed by atoms with Crippen LogP contribution in [0, 0.1) is 23.7 Å². The average Bonchev–Trinajstić information content (AvgIpc) is 2.65. The fourth-order valence-corrected chi connectivity index (χ4v) is 2.79. The van der Waals surface area contributed by atoms with Crippen molar-refractivity contribution >= 4 is 12.0 Å². The van der Waals surface area contributed by atoms with Crippen LogP contribution in [-0.4, -0.2) is 41.6 Å². The Labute approximate surface area is 121 Å². The second kappa shape index (κ2) is 7.50. The van der Waals surface area contributed by atoms with E-state index in [0.29, 0.717) is 24.3 Å². The van der Waals surface area contributed by atoms with Crippen molar-refractivity contribution in [3.63, 3.8) is 0 Å². The van der Waals surface area contributed by atoms with E-state index in [1.54, 1.807) is 0 Å². The first kappa shape index (κ1) is 16.8. The largest absolute Gasteiger partial charge is 0.481 e. The Hall–Kier alpha value is -1.26. The van der Waals surface area contributed by atoms with Crippen LogP contribution in [0.1, 0.15) is 40.5 Å². The molecule has 0 radical (unpaired) electrons. The SMILES string of the molecule is CC(C)CC(CNC(=O)N1CC(C)C(C)C1)CC(=O)O. The predicted molar refractivity (Wildman–Crippen MR) is 78.5 cm³/mol. The van der Waals surface area contributed by atoms with Gasteiger partial charge < -0.3 is 15.3 Å². The van der Waals surface area contributed by atoms with E-state index in [4.69, 9.17) is 5.11 Å². The molecule has 116 valence electrons. The molecule has 20 heavy (non-hydrogen) atoms. The molecule has 0 aromatic heterocycles. The van der Waals surface area contributed by atoms with Gasteiger partial charge in [0.15, 0.2) is 0 Å². The van der Waals surface area contributed by atoms with E-state index < -0.39 is 5.97 Å². The summed E-state index contributed by atoms with van der Waals surface area (Å²) in [7, 11) is 0. The number of rotatable bonds is 6. The zero-order valence-electron chi connectivity index (χ0n) is 13.1. The first-order valence-corrected chi connectivity index (χ1v) is 7.54. The molecule has 0 saturated carbocycles. The summed E-state index contributed by atoms with van der Waals surface area (Å²) in [6, 6.07) is -0.0552. The third-order valence-corrected chi connectivity index (χ3v) is 4.09. The number of nitrogens with one attached hydrogen (secondary N) is 1. The van der Waals surface area contributed by atoms with Gasteiger partial charge in [0.25, 0.3) is 0 Å². The second-order valence-corrected chi connectivity index (χ2v) is 6.64. The zero-order valence-corrected chi connectivity index (χ0v) is 13.1. The van der Waals surface area contributed by atoms with Crippen molar-refractivity contribution in [1.82, 2.24) is 10.2 Å². The first-order chi connectivity index (χ1) is 9.29. The Bertz CT molecular complexity index is 334. The fourth-order valence-electron chi connectivity index (χ4n) is 2.79. The molecule has 2 amide bonds. The lowest BCUT2D eigenvalue weighted by Gasteiger charge is -2.21. The minimum atomic E-state index is -0.798. The molecule has 1 aliphatic rings. The summed E-state index contributed by atoms with van der Waals surface area (Å²) in [6.07, 6.45) is 0.935. The topological polar surface area (TPSA) is 69.6 Å². The van der Waals surface area contributed by atoms with Crippen LogP contribution in [0.2, 0.25) is 0 Å². The summed E-state index contributed by atoms with van der Waals surface area (Å²) in [5.41, 5.74) is 0. The molecule has 1 aliphatic heterocycles. The maximum absolute atomic E-state index is 12.1. The first-order valence-electron chi connectivity index (χ1n) is 7.54. The zero-order chi connectivity index (χ0) is 15.3. The summed E-state index contributed by atoms with van der Waals surface area (Å²) in [5, 5.41) is 11.8. The number of nitrogens with zero attached hydrogens (tertiary/aromatic N) is 1. The minimum absolute atomic E-state index is 0.00824. The number of aliphatic carboxylic acids is 1. The number of amides is 2. The van der Waals surface area contributed by atoms with Gasteiger partial charge in [-0.3, -0.25) is 4.79 Å². The van der Waals surface area contributed by atoms with E-state index in [2.05, 4.69) is 33.0 Å². The van der Waals surface area contributed by atoms with Gasteiger partial charge in [-0.15, -0.1) is 0 Å². The number of likely N-dealkylation sites (tertiary alicyclic amines) is 1. The molecule has 1 heterocycles. The van der Waals surface area contributed by atoms with Gasteiger partial charge in [0.05, 0.1) is 0 Å². The smallest absolute Gasteiger partial charge is 0.317 e. The van der Waals surface area contributed by atoms with Crippen LogP contribution in [0.4, 0.5) is 4.79 Å². The van der Waals surface area contributed by atoms with E-state index in [0.717, 1.165) is 19.5 Å². The Morgan fingerprint density at radius 2 is 1.80 bits per heavy atom. The molecular weight excluding hydrogens is 256 g/mol. The molecule has 1 fully saturated rings. The van der Waals surface area contributed by atoms with Crippen molar-refractivity contribution in [2.24, 2.45) is 23.7 Å². The normalized spacial score (nSPS) is 23.9. The average molecular weight is 284 g/mol. The summed E-state index contributed by atoms with van der Waals surface area (Å²) < 4.78 is 0. The van der Waals surface area contributed by atoms with Gasteiger partial charge in [0, 0.05) is 26.1 Å². The molecular formula is C15H28N2O3. The van der Waals surface area contributed by atoms with Gasteiger partial charge in [0.1, 0.15) is 0 Å². The van der Waals surface area contributed by atoms with Gasteiger partial charge in [-0.2, -0.15) is 0 Å². The highest BCUT2D eigenvalue weighted by Gasteiger charge is 2.29. The van der Waals surface area contributed by atoms with Gasteiger partial charge in [-0.05, 0) is 30.1 Å². The van der Waals surface area contributed by atoms with Crippen LogP contribution in [0.25, 0.3) is 0 Å². The Kier molecular flexibility index (Phi) is 6.30. The summed E-state index contributed by atoms with van der Waals surface area (Å²) in [4.78, 5) is 24.8. The maximum Gasteiger partial charge on any atom is 0.317 e.